The predicted molar refractivity (Wildman–Crippen MR) is 97.6 cm³/mol. The lowest BCUT2D eigenvalue weighted by Crippen LogP contribution is -2.50. The Balaban J connectivity index is 1.63. The zero-order chi connectivity index (χ0) is 17.6. The zero-order valence-electron chi connectivity index (χ0n) is 14.2. The van der Waals surface area contributed by atoms with Crippen molar-refractivity contribution in [3.05, 3.63) is 48.0 Å². The molecule has 0 spiro atoms. The van der Waals surface area contributed by atoms with Gasteiger partial charge in [0, 0.05) is 12.5 Å². The van der Waals surface area contributed by atoms with E-state index >= 15 is 0 Å². The number of aliphatic carboxylic acids is 1. The molecular formula is C20H24N2O3. The highest BCUT2D eigenvalue weighted by Crippen LogP contribution is 2.18. The summed E-state index contributed by atoms with van der Waals surface area (Å²) in [5, 5.41) is 17.2. The van der Waals surface area contributed by atoms with Crippen LogP contribution in [0.1, 0.15) is 37.7 Å². The van der Waals surface area contributed by atoms with Gasteiger partial charge in [0.15, 0.2) is 0 Å². The third kappa shape index (κ3) is 4.72. The molecule has 1 unspecified atom stereocenters. The van der Waals surface area contributed by atoms with Gasteiger partial charge >= 0.3 is 12.0 Å². The van der Waals surface area contributed by atoms with Gasteiger partial charge in [0.25, 0.3) is 0 Å². The second kappa shape index (κ2) is 8.01. The van der Waals surface area contributed by atoms with E-state index in [2.05, 4.69) is 10.6 Å². The van der Waals surface area contributed by atoms with Crippen LogP contribution in [0, 0.1) is 0 Å². The number of hydrogen-bond donors (Lipinski definition) is 3. The first kappa shape index (κ1) is 17.3. The highest BCUT2D eigenvalue weighted by atomic mass is 16.4. The minimum absolute atomic E-state index is 0.156. The van der Waals surface area contributed by atoms with Crippen molar-refractivity contribution in [2.75, 3.05) is 0 Å². The molecule has 2 aromatic rings. The van der Waals surface area contributed by atoms with Crippen LogP contribution in [0.5, 0.6) is 0 Å². The van der Waals surface area contributed by atoms with E-state index in [0.717, 1.165) is 42.0 Å². The summed E-state index contributed by atoms with van der Waals surface area (Å²) in [5.74, 6) is -1.02. The van der Waals surface area contributed by atoms with Crippen molar-refractivity contribution in [3.63, 3.8) is 0 Å². The summed E-state index contributed by atoms with van der Waals surface area (Å²) in [5.41, 5.74) is 0.893. The molecular weight excluding hydrogens is 316 g/mol. The van der Waals surface area contributed by atoms with Crippen LogP contribution >= 0.6 is 0 Å². The number of carboxylic acids is 1. The van der Waals surface area contributed by atoms with Crippen LogP contribution in [0.15, 0.2) is 42.5 Å². The first-order valence-corrected chi connectivity index (χ1v) is 8.89. The average molecular weight is 340 g/mol. The van der Waals surface area contributed by atoms with E-state index in [4.69, 9.17) is 0 Å². The number of rotatable bonds is 5. The lowest BCUT2D eigenvalue weighted by atomic mass is 9.96. The molecule has 1 saturated carbocycles. The third-order valence-corrected chi connectivity index (χ3v) is 4.80. The van der Waals surface area contributed by atoms with Crippen LogP contribution < -0.4 is 10.6 Å². The molecule has 0 heterocycles. The Kier molecular flexibility index (Phi) is 5.53. The van der Waals surface area contributed by atoms with Crippen molar-refractivity contribution in [2.45, 2.75) is 50.6 Å². The Labute approximate surface area is 147 Å². The maximum absolute atomic E-state index is 12.1. The van der Waals surface area contributed by atoms with Crippen molar-refractivity contribution in [1.82, 2.24) is 10.6 Å². The molecule has 25 heavy (non-hydrogen) atoms. The van der Waals surface area contributed by atoms with Gasteiger partial charge in [-0.2, -0.15) is 0 Å². The molecule has 1 aliphatic carbocycles. The molecule has 132 valence electrons. The number of fused-ring (bicyclic) bond motifs is 1. The number of carbonyl (C=O) groups excluding carboxylic acids is 1. The standard InChI is InChI=1S/C20H24N2O3/c23-19(24)18(22-20(25)21-17-8-2-1-3-9-17)13-14-10-11-15-6-4-5-7-16(15)12-14/h4-7,10-12,17-18H,1-3,8-9,13H2,(H,23,24)(H2,21,22,25). The monoisotopic (exact) mass is 340 g/mol. The number of carboxylic acid groups (broad SMARTS) is 1. The van der Waals surface area contributed by atoms with Gasteiger partial charge in [0.05, 0.1) is 0 Å². The van der Waals surface area contributed by atoms with Crippen molar-refractivity contribution in [1.29, 1.82) is 0 Å². The Morgan fingerprint density at radius 1 is 1.04 bits per heavy atom. The molecule has 2 amide bonds. The van der Waals surface area contributed by atoms with Gasteiger partial charge in [-0.05, 0) is 29.2 Å². The number of amides is 2. The largest absolute Gasteiger partial charge is 0.480 e. The van der Waals surface area contributed by atoms with Gasteiger partial charge < -0.3 is 15.7 Å². The fourth-order valence-electron chi connectivity index (χ4n) is 3.43. The molecule has 3 N–H and O–H groups in total. The molecule has 5 nitrogen and oxygen atoms in total. The Bertz CT molecular complexity index is 753. The molecule has 1 atom stereocenters. The summed E-state index contributed by atoms with van der Waals surface area (Å²) in [7, 11) is 0. The van der Waals surface area contributed by atoms with Gasteiger partial charge in [0.1, 0.15) is 6.04 Å². The van der Waals surface area contributed by atoms with E-state index in [1.54, 1.807) is 0 Å². The van der Waals surface area contributed by atoms with Gasteiger partial charge in [-0.15, -0.1) is 0 Å². The van der Waals surface area contributed by atoms with Gasteiger partial charge in [-0.3, -0.25) is 0 Å². The van der Waals surface area contributed by atoms with Gasteiger partial charge in [-0.1, -0.05) is 61.7 Å². The normalized spacial score (nSPS) is 16.3. The summed E-state index contributed by atoms with van der Waals surface area (Å²) in [4.78, 5) is 23.7. The molecule has 0 saturated heterocycles. The van der Waals surface area contributed by atoms with Crippen molar-refractivity contribution in [2.24, 2.45) is 0 Å². The number of benzene rings is 2. The van der Waals surface area contributed by atoms with E-state index < -0.39 is 12.0 Å². The quantitative estimate of drug-likeness (QED) is 0.780. The third-order valence-electron chi connectivity index (χ3n) is 4.80. The van der Waals surface area contributed by atoms with Crippen LogP contribution in [0.4, 0.5) is 4.79 Å². The van der Waals surface area contributed by atoms with Crippen molar-refractivity contribution >= 4 is 22.8 Å². The maximum Gasteiger partial charge on any atom is 0.326 e. The highest BCUT2D eigenvalue weighted by Gasteiger charge is 2.22. The first-order chi connectivity index (χ1) is 12.1. The highest BCUT2D eigenvalue weighted by molar-refractivity contribution is 5.84. The smallest absolute Gasteiger partial charge is 0.326 e. The minimum Gasteiger partial charge on any atom is -0.480 e. The minimum atomic E-state index is -1.02. The van der Waals surface area contributed by atoms with E-state index in [1.807, 2.05) is 42.5 Å². The average Bonchev–Trinajstić information content (AvgIpc) is 2.62. The zero-order valence-corrected chi connectivity index (χ0v) is 14.2. The maximum atomic E-state index is 12.1. The molecule has 1 aliphatic rings. The first-order valence-electron chi connectivity index (χ1n) is 8.89. The van der Waals surface area contributed by atoms with E-state index in [9.17, 15) is 14.7 Å². The van der Waals surface area contributed by atoms with Crippen LogP contribution in [0.3, 0.4) is 0 Å². The molecule has 0 aliphatic heterocycles. The fraction of sp³-hybridized carbons (Fsp3) is 0.400. The van der Waals surface area contributed by atoms with Gasteiger partial charge in [-0.25, -0.2) is 9.59 Å². The summed E-state index contributed by atoms with van der Waals surface area (Å²) in [6.07, 6.45) is 5.64. The summed E-state index contributed by atoms with van der Waals surface area (Å²) in [6.45, 7) is 0. The number of urea groups is 1. The summed E-state index contributed by atoms with van der Waals surface area (Å²) < 4.78 is 0. The molecule has 3 rings (SSSR count). The van der Waals surface area contributed by atoms with Crippen LogP contribution in [0.2, 0.25) is 0 Å². The van der Waals surface area contributed by atoms with E-state index in [-0.39, 0.29) is 18.5 Å². The van der Waals surface area contributed by atoms with Crippen molar-refractivity contribution < 1.29 is 14.7 Å². The Hall–Kier alpha value is -2.56. The van der Waals surface area contributed by atoms with Crippen LogP contribution in [-0.4, -0.2) is 29.2 Å². The van der Waals surface area contributed by atoms with Crippen molar-refractivity contribution in [3.8, 4) is 0 Å². The predicted octanol–water partition coefficient (Wildman–Crippen LogP) is 3.47. The number of hydrogen-bond acceptors (Lipinski definition) is 2. The second-order valence-corrected chi connectivity index (χ2v) is 6.73. The second-order valence-electron chi connectivity index (χ2n) is 6.73. The lowest BCUT2D eigenvalue weighted by Gasteiger charge is -2.24. The lowest BCUT2D eigenvalue weighted by molar-refractivity contribution is -0.139. The van der Waals surface area contributed by atoms with Crippen LogP contribution in [0.25, 0.3) is 10.8 Å². The summed E-state index contributed by atoms with van der Waals surface area (Å²) >= 11 is 0. The topological polar surface area (TPSA) is 78.4 Å². The Morgan fingerprint density at radius 2 is 1.76 bits per heavy atom. The molecule has 0 bridgehead atoms. The Morgan fingerprint density at radius 3 is 2.48 bits per heavy atom. The summed E-state index contributed by atoms with van der Waals surface area (Å²) in [6, 6.07) is 12.6. The van der Waals surface area contributed by atoms with E-state index in [0.29, 0.717) is 0 Å². The molecule has 2 aromatic carbocycles. The number of nitrogens with one attached hydrogen (secondary N) is 2. The van der Waals surface area contributed by atoms with Crippen LogP contribution in [-0.2, 0) is 11.2 Å². The van der Waals surface area contributed by atoms with E-state index in [1.165, 1.54) is 6.42 Å². The molecule has 0 aromatic heterocycles. The fourth-order valence-corrected chi connectivity index (χ4v) is 3.43. The molecule has 5 heteroatoms. The SMILES string of the molecule is O=C(NC1CCCCC1)NC(Cc1ccc2ccccc2c1)C(=O)O. The van der Waals surface area contributed by atoms with Gasteiger partial charge in [0.2, 0.25) is 0 Å². The molecule has 0 radical (unpaired) electrons. The number of carbonyl (C=O) groups is 2. The molecule has 1 fully saturated rings.